The predicted molar refractivity (Wildman–Crippen MR) is 103 cm³/mol. The van der Waals surface area contributed by atoms with Crippen molar-refractivity contribution in [3.8, 4) is 11.1 Å². The Morgan fingerprint density at radius 2 is 1.85 bits per heavy atom. The Hall–Kier alpha value is -2.36. The molecule has 0 unspecified atom stereocenters. The van der Waals surface area contributed by atoms with Crippen molar-refractivity contribution < 1.29 is 14.6 Å². The minimum atomic E-state index is -0.923. The molecule has 2 aliphatic heterocycles. The second-order valence-electron chi connectivity index (χ2n) is 6.82. The molecule has 0 aliphatic carbocycles. The van der Waals surface area contributed by atoms with Crippen LogP contribution in [0, 0.1) is 0 Å². The van der Waals surface area contributed by atoms with E-state index in [-0.39, 0.29) is 11.5 Å². The summed E-state index contributed by atoms with van der Waals surface area (Å²) in [6.45, 7) is 3.82. The first-order chi connectivity index (χ1) is 12.4. The van der Waals surface area contributed by atoms with Crippen molar-refractivity contribution in [3.05, 3.63) is 76.5 Å². The number of ketones is 1. The summed E-state index contributed by atoms with van der Waals surface area (Å²) in [4.78, 5) is 12.8. The Balaban J connectivity index is 1.83. The van der Waals surface area contributed by atoms with Crippen LogP contribution in [0.5, 0.6) is 0 Å². The average Bonchev–Trinajstić information content (AvgIpc) is 3.02. The molecule has 26 heavy (non-hydrogen) atoms. The second kappa shape index (κ2) is 6.11. The first kappa shape index (κ1) is 17.1. The normalized spacial score (nSPS) is 24.4. The minimum absolute atomic E-state index is 0.0126. The van der Waals surface area contributed by atoms with Gasteiger partial charge in [0.25, 0.3) is 0 Å². The van der Waals surface area contributed by atoms with Crippen LogP contribution in [0.3, 0.4) is 0 Å². The molecule has 2 atom stereocenters. The summed E-state index contributed by atoms with van der Waals surface area (Å²) in [6, 6.07) is 13.6. The Bertz CT molecular complexity index is 956. The quantitative estimate of drug-likeness (QED) is 0.765. The summed E-state index contributed by atoms with van der Waals surface area (Å²) in [7, 11) is 0. The predicted octanol–water partition coefficient (Wildman–Crippen LogP) is 5.13. The molecule has 0 fully saturated rings. The summed E-state index contributed by atoms with van der Waals surface area (Å²) < 4.78 is 5.66. The molecule has 2 aliphatic rings. The number of Topliss-reactive ketones (excluding diaryl/α,β-unsaturated/α-hetero) is 1. The first-order valence-corrected chi connectivity index (χ1v) is 9.05. The molecule has 0 saturated carbocycles. The van der Waals surface area contributed by atoms with E-state index in [4.69, 9.17) is 16.3 Å². The van der Waals surface area contributed by atoms with E-state index in [1.807, 2.05) is 43.3 Å². The fraction of sp³-hybridized carbons (Fsp3) is 0.227. The number of hydrogen-bond donors (Lipinski definition) is 1. The number of carbonyl (C=O) groups excluding carboxylic acids is 1. The topological polar surface area (TPSA) is 46.5 Å². The third-order valence-electron chi connectivity index (χ3n) is 5.11. The summed E-state index contributed by atoms with van der Waals surface area (Å²) in [6.07, 6.45) is 3.60. The van der Waals surface area contributed by atoms with Gasteiger partial charge in [-0.25, -0.2) is 0 Å². The highest BCUT2D eigenvalue weighted by molar-refractivity contribution is 6.30. The van der Waals surface area contributed by atoms with Crippen LogP contribution in [0.4, 0.5) is 0 Å². The molecule has 2 bridgehead atoms. The lowest BCUT2D eigenvalue weighted by atomic mass is 9.86. The highest BCUT2D eigenvalue weighted by Crippen LogP contribution is 2.42. The number of carbonyl (C=O) groups is 1. The van der Waals surface area contributed by atoms with Crippen molar-refractivity contribution in [2.24, 2.45) is 0 Å². The van der Waals surface area contributed by atoms with Gasteiger partial charge in [0.05, 0.1) is 5.57 Å². The van der Waals surface area contributed by atoms with E-state index >= 15 is 0 Å². The fourth-order valence-electron chi connectivity index (χ4n) is 3.61. The standard InChI is InChI=1S/C22H19ClO3/c1-3-13-12-15(14-4-7-16(23)8-5-14)6-9-17(13)19-20(24)18-10-11-22(2,26-18)21(19)25/h4-12,18,25H,3H2,1-2H3/t18-,22+/m0/s1. The van der Waals surface area contributed by atoms with E-state index < -0.39 is 11.7 Å². The van der Waals surface area contributed by atoms with Gasteiger partial charge in [-0.05, 0) is 59.9 Å². The highest BCUT2D eigenvalue weighted by Gasteiger charge is 2.46. The van der Waals surface area contributed by atoms with Gasteiger partial charge in [0.15, 0.2) is 5.78 Å². The number of rotatable bonds is 3. The fourth-order valence-corrected chi connectivity index (χ4v) is 3.73. The number of benzene rings is 2. The molecule has 0 radical (unpaired) electrons. The number of aliphatic hydroxyl groups is 1. The number of hydrogen-bond acceptors (Lipinski definition) is 3. The van der Waals surface area contributed by atoms with E-state index in [2.05, 4.69) is 6.07 Å². The molecule has 0 saturated heterocycles. The van der Waals surface area contributed by atoms with Crippen LogP contribution < -0.4 is 0 Å². The monoisotopic (exact) mass is 366 g/mol. The molecule has 4 rings (SSSR count). The van der Waals surface area contributed by atoms with Gasteiger partial charge in [0.1, 0.15) is 17.5 Å². The maximum Gasteiger partial charge on any atom is 0.199 e. The van der Waals surface area contributed by atoms with E-state index in [9.17, 15) is 9.90 Å². The van der Waals surface area contributed by atoms with Crippen LogP contribution in [0.15, 0.2) is 60.4 Å². The van der Waals surface area contributed by atoms with E-state index in [0.29, 0.717) is 10.6 Å². The van der Waals surface area contributed by atoms with Crippen LogP contribution in [0.25, 0.3) is 16.7 Å². The molecule has 2 heterocycles. The van der Waals surface area contributed by atoms with Crippen molar-refractivity contribution in [1.29, 1.82) is 0 Å². The Morgan fingerprint density at radius 1 is 1.15 bits per heavy atom. The van der Waals surface area contributed by atoms with Crippen LogP contribution >= 0.6 is 11.6 Å². The van der Waals surface area contributed by atoms with Gasteiger partial charge >= 0.3 is 0 Å². The molecular weight excluding hydrogens is 348 g/mol. The maximum atomic E-state index is 12.8. The van der Waals surface area contributed by atoms with Crippen molar-refractivity contribution in [3.63, 3.8) is 0 Å². The van der Waals surface area contributed by atoms with Crippen LogP contribution in [-0.2, 0) is 16.0 Å². The lowest BCUT2D eigenvalue weighted by molar-refractivity contribution is -0.128. The van der Waals surface area contributed by atoms with E-state index in [1.54, 1.807) is 19.1 Å². The third-order valence-corrected chi connectivity index (χ3v) is 5.36. The van der Waals surface area contributed by atoms with Gasteiger partial charge in [-0.3, -0.25) is 4.79 Å². The zero-order chi connectivity index (χ0) is 18.5. The van der Waals surface area contributed by atoms with Crippen LogP contribution in [0.2, 0.25) is 5.02 Å². The zero-order valence-corrected chi connectivity index (χ0v) is 15.4. The summed E-state index contributed by atoms with van der Waals surface area (Å²) in [5.41, 5.74) is 3.34. The number of halogens is 1. The summed E-state index contributed by atoms with van der Waals surface area (Å²) in [5, 5.41) is 11.4. The molecule has 0 spiro atoms. The van der Waals surface area contributed by atoms with Crippen molar-refractivity contribution >= 4 is 23.0 Å². The Labute approximate surface area is 157 Å². The second-order valence-corrected chi connectivity index (χ2v) is 7.26. The number of ether oxygens (including phenoxy) is 1. The van der Waals surface area contributed by atoms with Gasteiger partial charge in [-0.2, -0.15) is 0 Å². The van der Waals surface area contributed by atoms with Crippen LogP contribution in [-0.4, -0.2) is 22.6 Å². The molecule has 1 N–H and O–H groups in total. The molecule has 4 heteroatoms. The van der Waals surface area contributed by atoms with Gasteiger partial charge in [-0.1, -0.05) is 48.9 Å². The van der Waals surface area contributed by atoms with Gasteiger partial charge in [0, 0.05) is 5.02 Å². The van der Waals surface area contributed by atoms with Gasteiger partial charge in [0.2, 0.25) is 0 Å². The van der Waals surface area contributed by atoms with Crippen molar-refractivity contribution in [2.45, 2.75) is 32.0 Å². The summed E-state index contributed by atoms with van der Waals surface area (Å²) >= 11 is 5.97. The van der Waals surface area contributed by atoms with Gasteiger partial charge < -0.3 is 9.84 Å². The largest absolute Gasteiger partial charge is 0.508 e. The van der Waals surface area contributed by atoms with E-state index in [1.165, 1.54) is 0 Å². The Morgan fingerprint density at radius 3 is 2.54 bits per heavy atom. The molecule has 2 aromatic carbocycles. The molecule has 2 aromatic rings. The van der Waals surface area contributed by atoms with Crippen molar-refractivity contribution in [1.82, 2.24) is 0 Å². The number of aliphatic hydroxyl groups excluding tert-OH is 1. The molecule has 132 valence electrons. The minimum Gasteiger partial charge on any atom is -0.508 e. The first-order valence-electron chi connectivity index (χ1n) is 8.67. The smallest absolute Gasteiger partial charge is 0.199 e. The number of aryl methyl sites for hydroxylation is 1. The summed E-state index contributed by atoms with van der Waals surface area (Å²) in [5.74, 6) is -0.205. The SMILES string of the molecule is CCc1cc(-c2ccc(Cl)cc2)ccc1C1=C(O)[C@@]2(C)C=C[C@H](O2)C1=O. The highest BCUT2D eigenvalue weighted by atomic mass is 35.5. The zero-order valence-electron chi connectivity index (χ0n) is 14.6. The molecular formula is C22H19ClO3. The molecule has 0 amide bonds. The number of fused-ring (bicyclic) bond motifs is 2. The van der Waals surface area contributed by atoms with Crippen molar-refractivity contribution in [2.75, 3.05) is 0 Å². The van der Waals surface area contributed by atoms with Crippen LogP contribution in [0.1, 0.15) is 25.0 Å². The lowest BCUT2D eigenvalue weighted by Crippen LogP contribution is -2.38. The average molecular weight is 367 g/mol. The third kappa shape index (κ3) is 2.59. The lowest BCUT2D eigenvalue weighted by Gasteiger charge is -2.31. The van der Waals surface area contributed by atoms with Gasteiger partial charge in [-0.15, -0.1) is 0 Å². The molecule has 3 nitrogen and oxygen atoms in total. The molecule has 0 aromatic heterocycles. The van der Waals surface area contributed by atoms with E-state index in [0.717, 1.165) is 28.7 Å². The maximum absolute atomic E-state index is 12.8. The Kier molecular flexibility index (Phi) is 4.02.